The van der Waals surface area contributed by atoms with E-state index in [1.54, 1.807) is 22.8 Å². The number of hydrogen-bond donors (Lipinski definition) is 1. The molecule has 1 aliphatic rings. The van der Waals surface area contributed by atoms with Crippen LogP contribution in [-0.4, -0.2) is 64.8 Å². The average Bonchev–Trinajstić information content (AvgIpc) is 3.05. The number of amides is 3. The number of nitrogens with one attached hydrogen (secondary N) is 1. The van der Waals surface area contributed by atoms with Crippen LogP contribution in [0, 0.1) is 13.8 Å². The second-order valence-corrected chi connectivity index (χ2v) is 7.76. The molecule has 0 spiro atoms. The summed E-state index contributed by atoms with van der Waals surface area (Å²) in [6.45, 7) is 8.13. The molecule has 164 valence electrons. The van der Waals surface area contributed by atoms with Crippen molar-refractivity contribution in [3.05, 3.63) is 59.4 Å². The second-order valence-electron chi connectivity index (χ2n) is 7.76. The third kappa shape index (κ3) is 5.63. The normalized spacial score (nSPS) is 14.2. The van der Waals surface area contributed by atoms with Crippen LogP contribution in [0.25, 0.3) is 11.8 Å². The summed E-state index contributed by atoms with van der Waals surface area (Å²) in [5.41, 5.74) is 4.23. The number of carbonyl (C=O) groups is 3. The smallest absolute Gasteiger partial charge is 0.244 e. The molecule has 0 unspecified atom stereocenters. The van der Waals surface area contributed by atoms with Crippen molar-refractivity contribution in [3.63, 3.8) is 0 Å². The molecule has 0 saturated carbocycles. The van der Waals surface area contributed by atoms with Gasteiger partial charge in [0.2, 0.25) is 17.7 Å². The van der Waals surface area contributed by atoms with Gasteiger partial charge in [0.1, 0.15) is 0 Å². The molecule has 0 bridgehead atoms. The second kappa shape index (κ2) is 10.1. The quantitative estimate of drug-likeness (QED) is 0.726. The molecule has 1 saturated heterocycles. The number of hydrogen-bond acceptors (Lipinski definition) is 3. The predicted octanol–water partition coefficient (Wildman–Crippen LogP) is 2.30. The van der Waals surface area contributed by atoms with Crippen LogP contribution in [0.3, 0.4) is 0 Å². The molecule has 0 aliphatic carbocycles. The van der Waals surface area contributed by atoms with E-state index in [0.717, 1.165) is 22.6 Å². The van der Waals surface area contributed by atoms with Gasteiger partial charge in [0.15, 0.2) is 0 Å². The van der Waals surface area contributed by atoms with Gasteiger partial charge in [-0.25, -0.2) is 0 Å². The highest BCUT2D eigenvalue weighted by Gasteiger charge is 2.21. The first-order chi connectivity index (χ1) is 14.9. The van der Waals surface area contributed by atoms with E-state index in [-0.39, 0.29) is 30.7 Å². The molecule has 3 rings (SSSR count). The fraction of sp³-hybridized carbons (Fsp3) is 0.375. The Morgan fingerprint density at radius 1 is 1.00 bits per heavy atom. The Labute approximate surface area is 183 Å². The Balaban J connectivity index is 1.48. The molecular weight excluding hydrogens is 392 g/mol. The van der Waals surface area contributed by atoms with E-state index < -0.39 is 0 Å². The van der Waals surface area contributed by atoms with Crippen LogP contribution in [0.5, 0.6) is 0 Å². The van der Waals surface area contributed by atoms with Gasteiger partial charge in [-0.15, -0.1) is 0 Å². The van der Waals surface area contributed by atoms with E-state index >= 15 is 0 Å². The SMILES string of the molecule is CC(=O)N1CCN(C(=O)CCNC(=O)/C=C/c2cc(C)n(-c3ccccc3)c2C)CC1. The minimum Gasteiger partial charge on any atom is -0.352 e. The summed E-state index contributed by atoms with van der Waals surface area (Å²) in [7, 11) is 0. The van der Waals surface area contributed by atoms with Crippen molar-refractivity contribution >= 4 is 23.8 Å². The van der Waals surface area contributed by atoms with Crippen LogP contribution in [-0.2, 0) is 14.4 Å². The summed E-state index contributed by atoms with van der Waals surface area (Å²) in [6, 6.07) is 12.1. The summed E-state index contributed by atoms with van der Waals surface area (Å²) in [6.07, 6.45) is 3.56. The Bertz CT molecular complexity index is 970. The Morgan fingerprint density at radius 3 is 2.29 bits per heavy atom. The van der Waals surface area contributed by atoms with Gasteiger partial charge in [0, 0.05) is 69.2 Å². The zero-order valence-corrected chi connectivity index (χ0v) is 18.4. The maximum absolute atomic E-state index is 12.3. The molecule has 0 atom stereocenters. The van der Waals surface area contributed by atoms with Crippen LogP contribution in [0.4, 0.5) is 0 Å². The van der Waals surface area contributed by atoms with Crippen molar-refractivity contribution in [2.75, 3.05) is 32.7 Å². The first kappa shape index (κ1) is 22.3. The summed E-state index contributed by atoms with van der Waals surface area (Å²) in [4.78, 5) is 39.4. The number of aromatic nitrogens is 1. The molecule has 7 heteroatoms. The lowest BCUT2D eigenvalue weighted by atomic mass is 10.2. The first-order valence-corrected chi connectivity index (χ1v) is 10.6. The molecule has 1 fully saturated rings. The molecule has 2 heterocycles. The number of carbonyl (C=O) groups excluding carboxylic acids is 3. The minimum absolute atomic E-state index is 0.00103. The maximum Gasteiger partial charge on any atom is 0.244 e. The minimum atomic E-state index is -0.223. The van der Waals surface area contributed by atoms with E-state index in [4.69, 9.17) is 0 Å². The molecule has 0 radical (unpaired) electrons. The largest absolute Gasteiger partial charge is 0.352 e. The molecule has 2 aromatic rings. The zero-order chi connectivity index (χ0) is 22.4. The summed E-state index contributed by atoms with van der Waals surface area (Å²) < 4.78 is 2.15. The van der Waals surface area contributed by atoms with Gasteiger partial charge in [-0.2, -0.15) is 0 Å². The maximum atomic E-state index is 12.3. The molecular formula is C24H30N4O3. The highest BCUT2D eigenvalue weighted by Crippen LogP contribution is 2.21. The van der Waals surface area contributed by atoms with Crippen molar-refractivity contribution in [3.8, 4) is 5.69 Å². The topological polar surface area (TPSA) is 74.7 Å². The molecule has 1 N–H and O–H groups in total. The summed E-state index contributed by atoms with van der Waals surface area (Å²) >= 11 is 0. The van der Waals surface area contributed by atoms with Gasteiger partial charge in [-0.3, -0.25) is 14.4 Å². The van der Waals surface area contributed by atoms with Crippen molar-refractivity contribution in [1.82, 2.24) is 19.7 Å². The van der Waals surface area contributed by atoms with Crippen molar-refractivity contribution in [2.24, 2.45) is 0 Å². The zero-order valence-electron chi connectivity index (χ0n) is 18.4. The number of piperazine rings is 1. The van der Waals surface area contributed by atoms with Crippen LogP contribution >= 0.6 is 0 Å². The fourth-order valence-electron chi connectivity index (χ4n) is 3.88. The van der Waals surface area contributed by atoms with Crippen molar-refractivity contribution in [2.45, 2.75) is 27.2 Å². The number of nitrogens with zero attached hydrogens (tertiary/aromatic N) is 3. The fourth-order valence-corrected chi connectivity index (χ4v) is 3.88. The Kier molecular flexibility index (Phi) is 7.28. The number of para-hydroxylation sites is 1. The van der Waals surface area contributed by atoms with Crippen molar-refractivity contribution in [1.29, 1.82) is 0 Å². The summed E-state index contributed by atoms with van der Waals surface area (Å²) in [5.74, 6) is -0.187. The number of benzene rings is 1. The predicted molar refractivity (Wildman–Crippen MR) is 121 cm³/mol. The van der Waals surface area contributed by atoms with Gasteiger partial charge in [0.05, 0.1) is 0 Å². The van der Waals surface area contributed by atoms with Gasteiger partial charge in [0.25, 0.3) is 0 Å². The van der Waals surface area contributed by atoms with E-state index in [0.29, 0.717) is 26.2 Å². The Morgan fingerprint density at radius 2 is 1.65 bits per heavy atom. The van der Waals surface area contributed by atoms with Crippen molar-refractivity contribution < 1.29 is 14.4 Å². The van der Waals surface area contributed by atoms with E-state index in [2.05, 4.69) is 28.1 Å². The Hall–Kier alpha value is -3.35. The number of rotatable bonds is 6. The summed E-state index contributed by atoms with van der Waals surface area (Å²) in [5, 5.41) is 2.78. The standard InChI is InChI=1S/C24H30N4O3/c1-18-17-21(19(2)28(18)22-7-5-4-6-8-22)9-10-23(30)25-12-11-24(31)27-15-13-26(14-16-27)20(3)29/h4-10,17H,11-16H2,1-3H3,(H,25,30)/b10-9+. The third-order valence-corrected chi connectivity index (χ3v) is 5.61. The highest BCUT2D eigenvalue weighted by molar-refractivity contribution is 5.92. The molecule has 1 aromatic carbocycles. The molecule has 31 heavy (non-hydrogen) atoms. The molecule has 7 nitrogen and oxygen atoms in total. The average molecular weight is 423 g/mol. The van der Waals surface area contributed by atoms with Crippen LogP contribution in [0.15, 0.2) is 42.5 Å². The first-order valence-electron chi connectivity index (χ1n) is 10.6. The lowest BCUT2D eigenvalue weighted by Gasteiger charge is -2.34. The highest BCUT2D eigenvalue weighted by atomic mass is 16.2. The van der Waals surface area contributed by atoms with Gasteiger partial charge in [-0.05, 0) is 43.7 Å². The lowest BCUT2D eigenvalue weighted by molar-refractivity contribution is -0.138. The lowest BCUT2D eigenvalue weighted by Crippen LogP contribution is -2.50. The van der Waals surface area contributed by atoms with E-state index in [1.165, 1.54) is 6.08 Å². The van der Waals surface area contributed by atoms with Crippen LogP contribution in [0.2, 0.25) is 0 Å². The van der Waals surface area contributed by atoms with E-state index in [9.17, 15) is 14.4 Å². The van der Waals surface area contributed by atoms with Crippen LogP contribution < -0.4 is 5.32 Å². The molecule has 3 amide bonds. The molecule has 1 aliphatic heterocycles. The van der Waals surface area contributed by atoms with Gasteiger partial charge in [-0.1, -0.05) is 18.2 Å². The number of aryl methyl sites for hydroxylation is 1. The third-order valence-electron chi connectivity index (χ3n) is 5.61. The van der Waals surface area contributed by atoms with Gasteiger partial charge < -0.3 is 19.7 Å². The monoisotopic (exact) mass is 422 g/mol. The van der Waals surface area contributed by atoms with Gasteiger partial charge >= 0.3 is 0 Å². The van der Waals surface area contributed by atoms with E-state index in [1.807, 2.05) is 32.0 Å². The molecule has 1 aromatic heterocycles. The van der Waals surface area contributed by atoms with Crippen LogP contribution in [0.1, 0.15) is 30.3 Å².